The van der Waals surface area contributed by atoms with Gasteiger partial charge in [0.2, 0.25) is 0 Å². The van der Waals surface area contributed by atoms with Crippen molar-refractivity contribution in [2.24, 2.45) is 0 Å². The van der Waals surface area contributed by atoms with Gasteiger partial charge in [-0.2, -0.15) is 0 Å². The van der Waals surface area contributed by atoms with Crippen LogP contribution in [-0.2, 0) is 19.7 Å². The summed E-state index contributed by atoms with van der Waals surface area (Å²) >= 11 is 0. The zero-order valence-corrected chi connectivity index (χ0v) is 14.9. The summed E-state index contributed by atoms with van der Waals surface area (Å²) in [7, 11) is 1.52. The molecule has 0 aliphatic rings. The molecule has 2 aromatic carbocycles. The van der Waals surface area contributed by atoms with Gasteiger partial charge in [-0.25, -0.2) is 0 Å². The fourth-order valence-electron chi connectivity index (χ4n) is 2.32. The molecule has 0 fully saturated rings. The normalized spacial score (nSPS) is 12.2. The number of para-hydroxylation sites is 2. The van der Waals surface area contributed by atoms with Gasteiger partial charge in [-0.15, -0.1) is 0 Å². The molecule has 0 spiro atoms. The number of ether oxygens (including phenoxy) is 2. The van der Waals surface area contributed by atoms with Crippen LogP contribution in [-0.4, -0.2) is 25.1 Å². The van der Waals surface area contributed by atoms with Crippen LogP contribution < -0.4 is 10.1 Å². The Labute approximate surface area is 148 Å². The Bertz CT molecular complexity index is 740. The van der Waals surface area contributed by atoms with Crippen molar-refractivity contribution in [3.05, 3.63) is 60.2 Å². The number of carbonyl (C=O) groups excluding carboxylic acids is 2. The average Bonchev–Trinajstić information content (AvgIpc) is 2.62. The Morgan fingerprint density at radius 1 is 1.00 bits per heavy atom. The molecule has 5 nitrogen and oxygen atoms in total. The first kappa shape index (κ1) is 18.5. The highest BCUT2D eigenvalue weighted by atomic mass is 16.5. The summed E-state index contributed by atoms with van der Waals surface area (Å²) in [5, 5.41) is 2.72. The summed E-state index contributed by atoms with van der Waals surface area (Å²) in [6, 6.07) is 16.4. The molecule has 0 bridgehead atoms. The van der Waals surface area contributed by atoms with Crippen LogP contribution in [0.5, 0.6) is 5.75 Å². The van der Waals surface area contributed by atoms with E-state index in [1.54, 1.807) is 45.0 Å². The number of amides is 1. The molecule has 0 aliphatic heterocycles. The fraction of sp³-hybridized carbons (Fsp3) is 0.300. The summed E-state index contributed by atoms with van der Waals surface area (Å²) in [5.41, 5.74) is 0.512. The molecule has 0 aromatic heterocycles. The number of anilines is 1. The molecule has 0 saturated carbocycles. The van der Waals surface area contributed by atoms with E-state index in [2.05, 4.69) is 5.32 Å². The van der Waals surface area contributed by atoms with Gasteiger partial charge in [0.15, 0.2) is 6.10 Å². The van der Waals surface area contributed by atoms with Crippen molar-refractivity contribution in [1.82, 2.24) is 0 Å². The third kappa shape index (κ3) is 4.38. The lowest BCUT2D eigenvalue weighted by Crippen LogP contribution is -2.37. The van der Waals surface area contributed by atoms with Crippen LogP contribution in [0.3, 0.4) is 0 Å². The first-order valence-electron chi connectivity index (χ1n) is 8.06. The second-order valence-electron chi connectivity index (χ2n) is 6.23. The SMILES string of the molecule is COc1ccccc1NC(=O)[C@@H](C)OC(=O)C(C)(C)c1ccccc1. The number of rotatable bonds is 6. The first-order chi connectivity index (χ1) is 11.9. The predicted octanol–water partition coefficient (Wildman–Crippen LogP) is 3.54. The molecule has 5 heteroatoms. The Kier molecular flexibility index (Phi) is 5.80. The van der Waals surface area contributed by atoms with Gasteiger partial charge in [0.05, 0.1) is 18.2 Å². The van der Waals surface area contributed by atoms with Gasteiger partial charge < -0.3 is 14.8 Å². The van der Waals surface area contributed by atoms with Gasteiger partial charge in [0.1, 0.15) is 5.75 Å². The maximum atomic E-state index is 12.5. The summed E-state index contributed by atoms with van der Waals surface area (Å²) in [6.07, 6.45) is -0.930. The molecule has 0 heterocycles. The summed E-state index contributed by atoms with van der Waals surface area (Å²) in [6.45, 7) is 5.09. The molecule has 0 radical (unpaired) electrons. The Morgan fingerprint density at radius 2 is 1.60 bits per heavy atom. The minimum atomic E-state index is -0.930. The van der Waals surface area contributed by atoms with Crippen LogP contribution in [0, 0.1) is 0 Å². The maximum Gasteiger partial charge on any atom is 0.316 e. The van der Waals surface area contributed by atoms with Gasteiger partial charge in [-0.1, -0.05) is 42.5 Å². The molecule has 0 unspecified atom stereocenters. The van der Waals surface area contributed by atoms with Gasteiger partial charge in [0.25, 0.3) is 5.91 Å². The molecule has 0 saturated heterocycles. The highest BCUT2D eigenvalue weighted by Gasteiger charge is 2.33. The van der Waals surface area contributed by atoms with E-state index in [0.717, 1.165) is 5.56 Å². The maximum absolute atomic E-state index is 12.5. The lowest BCUT2D eigenvalue weighted by Gasteiger charge is -2.25. The van der Waals surface area contributed by atoms with E-state index in [1.165, 1.54) is 7.11 Å². The largest absolute Gasteiger partial charge is 0.495 e. The molecular formula is C20H23NO4. The van der Waals surface area contributed by atoms with Crippen molar-refractivity contribution in [1.29, 1.82) is 0 Å². The van der Waals surface area contributed by atoms with Gasteiger partial charge in [-0.05, 0) is 38.5 Å². The standard InChI is InChI=1S/C20H23NO4/c1-14(18(22)21-16-12-8-9-13-17(16)24-4)25-19(23)20(2,3)15-10-6-5-7-11-15/h5-14H,1-4H3,(H,21,22)/t14-/m1/s1. The minimum Gasteiger partial charge on any atom is -0.495 e. The predicted molar refractivity (Wildman–Crippen MR) is 96.6 cm³/mol. The number of esters is 1. The molecular weight excluding hydrogens is 318 g/mol. The number of hydrogen-bond donors (Lipinski definition) is 1. The first-order valence-corrected chi connectivity index (χ1v) is 8.06. The van der Waals surface area contributed by atoms with Crippen LogP contribution in [0.4, 0.5) is 5.69 Å². The molecule has 25 heavy (non-hydrogen) atoms. The highest BCUT2D eigenvalue weighted by molar-refractivity contribution is 5.97. The van der Waals surface area contributed by atoms with Crippen molar-refractivity contribution >= 4 is 17.6 Å². The Morgan fingerprint density at radius 3 is 2.24 bits per heavy atom. The molecule has 2 rings (SSSR count). The van der Waals surface area contributed by atoms with Gasteiger partial charge in [-0.3, -0.25) is 9.59 Å². The molecule has 1 atom stereocenters. The third-order valence-electron chi connectivity index (χ3n) is 4.02. The zero-order chi connectivity index (χ0) is 18.4. The van der Waals surface area contributed by atoms with Crippen molar-refractivity contribution in [3.63, 3.8) is 0 Å². The topological polar surface area (TPSA) is 64.6 Å². The van der Waals surface area contributed by atoms with Crippen LogP contribution in [0.2, 0.25) is 0 Å². The lowest BCUT2D eigenvalue weighted by atomic mass is 9.85. The zero-order valence-electron chi connectivity index (χ0n) is 14.9. The summed E-state index contributed by atoms with van der Waals surface area (Å²) in [4.78, 5) is 24.9. The molecule has 1 amide bonds. The van der Waals surface area contributed by atoms with E-state index in [-0.39, 0.29) is 0 Å². The van der Waals surface area contributed by atoms with E-state index >= 15 is 0 Å². The van der Waals surface area contributed by atoms with Crippen molar-refractivity contribution in [2.75, 3.05) is 12.4 Å². The van der Waals surface area contributed by atoms with Crippen molar-refractivity contribution in [2.45, 2.75) is 32.3 Å². The van der Waals surface area contributed by atoms with E-state index in [9.17, 15) is 9.59 Å². The number of methoxy groups -OCH3 is 1. The van der Waals surface area contributed by atoms with Crippen LogP contribution in [0.25, 0.3) is 0 Å². The van der Waals surface area contributed by atoms with Crippen molar-refractivity contribution < 1.29 is 19.1 Å². The van der Waals surface area contributed by atoms with Crippen LogP contribution in [0.1, 0.15) is 26.3 Å². The third-order valence-corrected chi connectivity index (χ3v) is 4.02. The number of benzene rings is 2. The summed E-state index contributed by atoms with van der Waals surface area (Å²) in [5.74, 6) is -0.331. The van der Waals surface area contributed by atoms with Gasteiger partial charge >= 0.3 is 5.97 Å². The van der Waals surface area contributed by atoms with Gasteiger partial charge in [0, 0.05) is 0 Å². The number of nitrogens with one attached hydrogen (secondary N) is 1. The monoisotopic (exact) mass is 341 g/mol. The van der Waals surface area contributed by atoms with Crippen molar-refractivity contribution in [3.8, 4) is 5.75 Å². The van der Waals surface area contributed by atoms with E-state index < -0.39 is 23.4 Å². The quantitative estimate of drug-likeness (QED) is 0.816. The molecule has 1 N–H and O–H groups in total. The van der Waals surface area contributed by atoms with Crippen LogP contribution in [0.15, 0.2) is 54.6 Å². The Hall–Kier alpha value is -2.82. The molecule has 0 aliphatic carbocycles. The molecule has 2 aromatic rings. The van der Waals surface area contributed by atoms with E-state index in [4.69, 9.17) is 9.47 Å². The minimum absolute atomic E-state index is 0.415. The number of hydrogen-bond acceptors (Lipinski definition) is 4. The average molecular weight is 341 g/mol. The number of carbonyl (C=O) groups is 2. The van der Waals surface area contributed by atoms with Crippen LogP contribution >= 0.6 is 0 Å². The van der Waals surface area contributed by atoms with E-state index in [0.29, 0.717) is 11.4 Å². The second kappa shape index (κ2) is 7.83. The second-order valence-corrected chi connectivity index (χ2v) is 6.23. The summed E-state index contributed by atoms with van der Waals surface area (Å²) < 4.78 is 10.6. The van der Waals surface area contributed by atoms with E-state index in [1.807, 2.05) is 30.3 Å². The lowest BCUT2D eigenvalue weighted by molar-refractivity contribution is -0.158. The fourth-order valence-corrected chi connectivity index (χ4v) is 2.32. The molecule has 132 valence electrons. The smallest absolute Gasteiger partial charge is 0.316 e. The highest BCUT2D eigenvalue weighted by Crippen LogP contribution is 2.26. The Balaban J connectivity index is 2.04.